The Bertz CT molecular complexity index is 1670. The highest BCUT2D eigenvalue weighted by Crippen LogP contribution is 2.65. The standard InChI is InChI=1S/C32H32N4O4/c1-31-11-12-32(40-31,13-18-39-23-7-4-6-22(19-23)35-16-14-34-15-17-35)28-27(31)29(37)36(30(28)38)26-10-9-21-5-2-3-8-24(21)25(26)20-33/h2-10,19,34,37-38H,11-18H2,1H3. The van der Waals surface area contributed by atoms with Gasteiger partial charge in [-0.05, 0) is 43.4 Å². The van der Waals surface area contributed by atoms with Crippen LogP contribution in [0.15, 0.2) is 60.7 Å². The van der Waals surface area contributed by atoms with Crippen molar-refractivity contribution in [3.05, 3.63) is 77.4 Å². The van der Waals surface area contributed by atoms with Crippen molar-refractivity contribution >= 4 is 16.5 Å². The molecule has 0 spiro atoms. The zero-order valence-corrected chi connectivity index (χ0v) is 22.5. The average molecular weight is 537 g/mol. The maximum atomic E-state index is 11.6. The van der Waals surface area contributed by atoms with E-state index >= 15 is 0 Å². The lowest BCUT2D eigenvalue weighted by Crippen LogP contribution is -2.43. The number of nitriles is 1. The van der Waals surface area contributed by atoms with Gasteiger partial charge in [0.2, 0.25) is 11.8 Å². The highest BCUT2D eigenvalue weighted by atomic mass is 16.5. The number of ether oxygens (including phenoxy) is 2. The number of rotatable bonds is 6. The number of nitrogens with one attached hydrogen (secondary N) is 1. The van der Waals surface area contributed by atoms with Crippen LogP contribution in [0, 0.1) is 11.3 Å². The van der Waals surface area contributed by atoms with Crippen LogP contribution < -0.4 is 15.0 Å². The number of anilines is 1. The van der Waals surface area contributed by atoms with E-state index in [1.54, 1.807) is 6.07 Å². The van der Waals surface area contributed by atoms with E-state index in [2.05, 4.69) is 28.4 Å². The maximum absolute atomic E-state index is 11.6. The van der Waals surface area contributed by atoms with Crippen molar-refractivity contribution in [2.45, 2.75) is 37.4 Å². The Morgan fingerprint density at radius 3 is 2.62 bits per heavy atom. The van der Waals surface area contributed by atoms with E-state index in [4.69, 9.17) is 9.47 Å². The topological polar surface area (TPSA) is 103 Å². The molecule has 2 unspecified atom stereocenters. The molecule has 204 valence electrons. The molecule has 1 aromatic heterocycles. The zero-order valence-electron chi connectivity index (χ0n) is 22.5. The van der Waals surface area contributed by atoms with Crippen LogP contribution in [0.3, 0.4) is 0 Å². The van der Waals surface area contributed by atoms with Gasteiger partial charge >= 0.3 is 0 Å². The smallest absolute Gasteiger partial charge is 0.205 e. The molecule has 0 amide bonds. The molecule has 4 heterocycles. The van der Waals surface area contributed by atoms with Crippen molar-refractivity contribution in [2.75, 3.05) is 37.7 Å². The molecule has 0 saturated carbocycles. The minimum atomic E-state index is -0.781. The Morgan fingerprint density at radius 1 is 1.00 bits per heavy atom. The van der Waals surface area contributed by atoms with Crippen LogP contribution in [0.1, 0.15) is 42.9 Å². The number of fused-ring (bicyclic) bond motifs is 6. The van der Waals surface area contributed by atoms with Crippen LogP contribution in [-0.4, -0.2) is 47.6 Å². The first kappa shape index (κ1) is 24.8. The largest absolute Gasteiger partial charge is 0.494 e. The highest BCUT2D eigenvalue weighted by molar-refractivity contribution is 5.91. The SMILES string of the molecule is CC12CCC(CCOc3cccc(N4CCNCC4)c3)(O1)c1c2c(O)n(-c2ccc3ccccc3c2C#N)c1O. The van der Waals surface area contributed by atoms with Crippen molar-refractivity contribution in [2.24, 2.45) is 0 Å². The first-order chi connectivity index (χ1) is 19.4. The van der Waals surface area contributed by atoms with E-state index in [9.17, 15) is 15.5 Å². The fourth-order valence-electron chi connectivity index (χ4n) is 6.93. The quantitative estimate of drug-likeness (QED) is 0.318. The van der Waals surface area contributed by atoms with Gasteiger partial charge in [0.15, 0.2) is 0 Å². The number of hydrogen-bond donors (Lipinski definition) is 3. The van der Waals surface area contributed by atoms with Crippen LogP contribution in [0.4, 0.5) is 5.69 Å². The predicted molar refractivity (Wildman–Crippen MR) is 152 cm³/mol. The van der Waals surface area contributed by atoms with Gasteiger partial charge in [0.25, 0.3) is 0 Å². The molecule has 3 N–H and O–H groups in total. The van der Waals surface area contributed by atoms with Gasteiger partial charge in [0.1, 0.15) is 17.4 Å². The van der Waals surface area contributed by atoms with Crippen molar-refractivity contribution in [1.29, 1.82) is 5.26 Å². The number of nitrogens with zero attached hydrogens (tertiary/aromatic N) is 3. The summed E-state index contributed by atoms with van der Waals surface area (Å²) < 4.78 is 14.2. The summed E-state index contributed by atoms with van der Waals surface area (Å²) in [4.78, 5) is 2.35. The highest BCUT2D eigenvalue weighted by Gasteiger charge is 2.61. The lowest BCUT2D eigenvalue weighted by Gasteiger charge is -2.30. The summed E-state index contributed by atoms with van der Waals surface area (Å²) in [6.07, 6.45) is 1.95. The van der Waals surface area contributed by atoms with Crippen molar-refractivity contribution in [3.63, 3.8) is 0 Å². The van der Waals surface area contributed by atoms with Gasteiger partial charge in [0, 0.05) is 49.7 Å². The lowest BCUT2D eigenvalue weighted by molar-refractivity contribution is -0.0876. The second-order valence-corrected chi connectivity index (χ2v) is 11.2. The molecule has 0 aliphatic carbocycles. The number of benzene rings is 3. The molecule has 4 aromatic rings. The van der Waals surface area contributed by atoms with E-state index in [0.717, 1.165) is 54.8 Å². The Hall–Kier alpha value is -4.19. The number of hydrogen-bond acceptors (Lipinski definition) is 7. The fraction of sp³-hybridized carbons (Fsp3) is 0.344. The van der Waals surface area contributed by atoms with Crippen LogP contribution >= 0.6 is 0 Å². The summed E-state index contributed by atoms with van der Waals surface area (Å²) in [5.41, 5.74) is 1.70. The van der Waals surface area contributed by atoms with Crippen LogP contribution in [0.25, 0.3) is 16.5 Å². The Labute approximate surface area is 233 Å². The summed E-state index contributed by atoms with van der Waals surface area (Å²) >= 11 is 0. The monoisotopic (exact) mass is 536 g/mol. The molecule has 40 heavy (non-hydrogen) atoms. The number of piperazine rings is 1. The molecule has 2 bridgehead atoms. The normalized spacial score (nSPS) is 23.4. The van der Waals surface area contributed by atoms with E-state index in [1.165, 1.54) is 4.57 Å². The minimum Gasteiger partial charge on any atom is -0.494 e. The van der Waals surface area contributed by atoms with E-state index < -0.39 is 11.2 Å². The molecule has 0 radical (unpaired) electrons. The van der Waals surface area contributed by atoms with Crippen molar-refractivity contribution < 1.29 is 19.7 Å². The van der Waals surface area contributed by atoms with Gasteiger partial charge < -0.3 is 29.9 Å². The van der Waals surface area contributed by atoms with Gasteiger partial charge in [-0.1, -0.05) is 36.4 Å². The summed E-state index contributed by atoms with van der Waals surface area (Å²) in [7, 11) is 0. The molecule has 8 heteroatoms. The number of aromatic nitrogens is 1. The van der Waals surface area contributed by atoms with E-state index in [1.807, 2.05) is 49.4 Å². The van der Waals surface area contributed by atoms with E-state index in [0.29, 0.717) is 41.8 Å². The fourth-order valence-corrected chi connectivity index (χ4v) is 6.93. The lowest BCUT2D eigenvalue weighted by atomic mass is 9.78. The van der Waals surface area contributed by atoms with Gasteiger partial charge in [-0.2, -0.15) is 5.26 Å². The van der Waals surface area contributed by atoms with Gasteiger partial charge in [-0.15, -0.1) is 0 Å². The number of aromatic hydroxyl groups is 2. The van der Waals surface area contributed by atoms with Crippen LogP contribution in [-0.2, 0) is 15.9 Å². The minimum absolute atomic E-state index is 0.0759. The van der Waals surface area contributed by atoms with E-state index in [-0.39, 0.29) is 11.8 Å². The molecule has 2 saturated heterocycles. The summed E-state index contributed by atoms with van der Waals surface area (Å²) in [6.45, 7) is 6.23. The second kappa shape index (κ2) is 9.19. The Morgan fingerprint density at radius 2 is 1.80 bits per heavy atom. The zero-order chi connectivity index (χ0) is 27.5. The van der Waals surface area contributed by atoms with Crippen molar-refractivity contribution in [3.8, 4) is 29.3 Å². The third-order valence-electron chi connectivity index (χ3n) is 8.87. The Kier molecular flexibility index (Phi) is 5.70. The van der Waals surface area contributed by atoms with Crippen LogP contribution in [0.2, 0.25) is 0 Å². The van der Waals surface area contributed by atoms with Crippen LogP contribution in [0.5, 0.6) is 17.5 Å². The van der Waals surface area contributed by atoms with Gasteiger partial charge in [-0.25, -0.2) is 4.57 Å². The maximum Gasteiger partial charge on any atom is 0.205 e. The summed E-state index contributed by atoms with van der Waals surface area (Å²) in [5, 5.41) is 38.3. The third kappa shape index (κ3) is 3.65. The summed E-state index contributed by atoms with van der Waals surface area (Å²) in [6, 6.07) is 21.8. The second-order valence-electron chi connectivity index (χ2n) is 11.2. The molecule has 3 aliphatic heterocycles. The molecule has 7 rings (SSSR count). The average Bonchev–Trinajstić information content (AvgIpc) is 3.57. The predicted octanol–water partition coefficient (Wildman–Crippen LogP) is 5.03. The summed E-state index contributed by atoms with van der Waals surface area (Å²) in [5.74, 6) is 0.641. The molecule has 2 atom stereocenters. The molecule has 2 fully saturated rings. The van der Waals surface area contributed by atoms with Crippen molar-refractivity contribution in [1.82, 2.24) is 9.88 Å². The first-order valence-electron chi connectivity index (χ1n) is 13.9. The third-order valence-corrected chi connectivity index (χ3v) is 8.87. The molecular weight excluding hydrogens is 504 g/mol. The molecule has 3 aliphatic rings. The Balaban J connectivity index is 1.21. The first-order valence-corrected chi connectivity index (χ1v) is 13.9. The molecule has 3 aromatic carbocycles. The molecule has 8 nitrogen and oxygen atoms in total. The van der Waals surface area contributed by atoms with Gasteiger partial charge in [0.05, 0.1) is 34.6 Å². The van der Waals surface area contributed by atoms with Gasteiger partial charge in [-0.3, -0.25) is 0 Å². The molecular formula is C32H32N4O4.